The highest BCUT2D eigenvalue weighted by molar-refractivity contribution is 5.36. The number of nitrogens with zero attached hydrogens (tertiary/aromatic N) is 2. The van der Waals surface area contributed by atoms with Gasteiger partial charge in [0.25, 0.3) is 0 Å². The third kappa shape index (κ3) is 5.22. The summed E-state index contributed by atoms with van der Waals surface area (Å²) in [6.45, 7) is 5.15. The summed E-state index contributed by atoms with van der Waals surface area (Å²) in [7, 11) is 1.75. The van der Waals surface area contributed by atoms with Crippen LogP contribution in [-0.2, 0) is 6.54 Å². The van der Waals surface area contributed by atoms with Crippen LogP contribution in [-0.4, -0.2) is 54.9 Å². The number of likely N-dealkylation sites (tertiary alicyclic amines) is 1. The monoisotopic (exact) mass is 369 g/mol. The third-order valence-corrected chi connectivity index (χ3v) is 5.40. The summed E-state index contributed by atoms with van der Waals surface area (Å²) in [5.74, 6) is 1.91. The number of nitrogens with two attached hydrogens (primary N) is 1. The molecule has 1 aliphatic heterocycles. The van der Waals surface area contributed by atoms with Gasteiger partial charge in [-0.2, -0.15) is 0 Å². The maximum absolute atomic E-state index is 10.1. The molecule has 1 aliphatic rings. The minimum Gasteiger partial charge on any atom is -0.508 e. The van der Waals surface area contributed by atoms with E-state index in [-0.39, 0.29) is 0 Å². The van der Waals surface area contributed by atoms with Gasteiger partial charge in [0.2, 0.25) is 0 Å². The van der Waals surface area contributed by atoms with Gasteiger partial charge >= 0.3 is 0 Å². The van der Waals surface area contributed by atoms with Gasteiger partial charge in [0.05, 0.1) is 13.8 Å². The summed E-state index contributed by atoms with van der Waals surface area (Å²) in [5, 5.41) is 10.1. The molecule has 2 aromatic rings. The topological polar surface area (TPSA) is 62.0 Å². The Bertz CT molecular complexity index is 714. The minimum absolute atomic E-state index is 0.356. The quantitative estimate of drug-likeness (QED) is 0.749. The Balaban J connectivity index is 1.57. The van der Waals surface area contributed by atoms with Crippen LogP contribution in [0.3, 0.4) is 0 Å². The van der Waals surface area contributed by atoms with Crippen molar-refractivity contribution in [3.8, 4) is 11.5 Å². The van der Waals surface area contributed by atoms with Gasteiger partial charge in [-0.1, -0.05) is 36.4 Å². The van der Waals surface area contributed by atoms with Gasteiger partial charge in [-0.3, -0.25) is 9.80 Å². The molecule has 0 saturated carbocycles. The highest BCUT2D eigenvalue weighted by atomic mass is 16.5. The van der Waals surface area contributed by atoms with E-state index >= 15 is 0 Å². The number of para-hydroxylation sites is 2. The van der Waals surface area contributed by atoms with Crippen LogP contribution in [0.25, 0.3) is 0 Å². The van der Waals surface area contributed by atoms with Crippen molar-refractivity contribution in [3.63, 3.8) is 0 Å². The number of rotatable bonds is 8. The zero-order chi connectivity index (χ0) is 19.1. The molecule has 0 aromatic heterocycles. The number of benzene rings is 2. The van der Waals surface area contributed by atoms with Crippen LogP contribution in [0, 0.1) is 0 Å². The molecule has 0 radical (unpaired) electrons. The maximum Gasteiger partial charge on any atom is 0.122 e. The Morgan fingerprint density at radius 2 is 1.81 bits per heavy atom. The lowest BCUT2D eigenvalue weighted by atomic mass is 9.89. The predicted molar refractivity (Wildman–Crippen MR) is 109 cm³/mol. The number of phenolic OH excluding ortho intramolecular Hbond substituents is 1. The lowest BCUT2D eigenvalue weighted by Crippen LogP contribution is -2.43. The van der Waals surface area contributed by atoms with Crippen LogP contribution in [0.1, 0.15) is 29.9 Å². The molecule has 1 heterocycles. The molecule has 1 fully saturated rings. The van der Waals surface area contributed by atoms with E-state index in [1.807, 2.05) is 24.3 Å². The van der Waals surface area contributed by atoms with E-state index in [0.717, 1.165) is 57.0 Å². The SMILES string of the molecule is COc1ccccc1C1CCN(CN(CCN)Cc2ccccc2O)CC1. The van der Waals surface area contributed by atoms with Gasteiger partial charge in [0.15, 0.2) is 0 Å². The second kappa shape index (κ2) is 9.74. The molecule has 5 heteroatoms. The molecule has 0 atom stereocenters. The van der Waals surface area contributed by atoms with Crippen molar-refractivity contribution in [1.29, 1.82) is 0 Å². The summed E-state index contributed by atoms with van der Waals surface area (Å²) in [6, 6.07) is 15.9. The first-order valence-corrected chi connectivity index (χ1v) is 9.76. The van der Waals surface area contributed by atoms with Gasteiger partial charge in [-0.05, 0) is 49.5 Å². The van der Waals surface area contributed by atoms with Crippen molar-refractivity contribution in [2.24, 2.45) is 5.73 Å². The normalized spacial score (nSPS) is 16.0. The molecule has 0 amide bonds. The number of aromatic hydroxyl groups is 1. The van der Waals surface area contributed by atoms with Crippen LogP contribution in [0.2, 0.25) is 0 Å². The average molecular weight is 370 g/mol. The number of ether oxygens (including phenoxy) is 1. The largest absolute Gasteiger partial charge is 0.508 e. The Hall–Kier alpha value is -2.08. The highest BCUT2D eigenvalue weighted by Crippen LogP contribution is 2.34. The number of phenols is 1. The fourth-order valence-corrected chi connectivity index (χ4v) is 3.94. The van der Waals surface area contributed by atoms with Crippen LogP contribution in [0.15, 0.2) is 48.5 Å². The number of hydrogen-bond acceptors (Lipinski definition) is 5. The van der Waals surface area contributed by atoms with E-state index in [0.29, 0.717) is 18.2 Å². The Morgan fingerprint density at radius 3 is 2.52 bits per heavy atom. The molecule has 1 saturated heterocycles. The van der Waals surface area contributed by atoms with Gasteiger partial charge in [-0.15, -0.1) is 0 Å². The van der Waals surface area contributed by atoms with Crippen molar-refractivity contribution < 1.29 is 9.84 Å². The molecular weight excluding hydrogens is 338 g/mol. The van der Waals surface area contributed by atoms with Crippen molar-refractivity contribution in [2.45, 2.75) is 25.3 Å². The second-order valence-electron chi connectivity index (χ2n) is 7.25. The van der Waals surface area contributed by atoms with Crippen LogP contribution in [0.5, 0.6) is 11.5 Å². The lowest BCUT2D eigenvalue weighted by molar-refractivity contribution is 0.103. The molecule has 146 valence electrons. The number of methoxy groups -OCH3 is 1. The Labute approximate surface area is 162 Å². The molecule has 3 N–H and O–H groups in total. The molecule has 27 heavy (non-hydrogen) atoms. The van der Waals surface area contributed by atoms with Crippen molar-refractivity contribution in [2.75, 3.05) is 40.0 Å². The molecular formula is C22H31N3O2. The summed E-state index contributed by atoms with van der Waals surface area (Å²) in [5.41, 5.74) is 8.10. The van der Waals surface area contributed by atoms with Crippen LogP contribution < -0.4 is 10.5 Å². The summed E-state index contributed by atoms with van der Waals surface area (Å²) in [6.07, 6.45) is 2.26. The summed E-state index contributed by atoms with van der Waals surface area (Å²) in [4.78, 5) is 4.81. The van der Waals surface area contributed by atoms with E-state index in [4.69, 9.17) is 10.5 Å². The first-order chi connectivity index (χ1) is 13.2. The lowest BCUT2D eigenvalue weighted by Gasteiger charge is -2.36. The second-order valence-corrected chi connectivity index (χ2v) is 7.25. The Morgan fingerprint density at radius 1 is 1.11 bits per heavy atom. The third-order valence-electron chi connectivity index (χ3n) is 5.40. The molecule has 0 spiro atoms. The number of hydrogen-bond donors (Lipinski definition) is 2. The van der Waals surface area contributed by atoms with Crippen molar-refractivity contribution >= 4 is 0 Å². The molecule has 3 rings (SSSR count). The van der Waals surface area contributed by atoms with E-state index in [2.05, 4.69) is 28.0 Å². The molecule has 0 aliphatic carbocycles. The zero-order valence-electron chi connectivity index (χ0n) is 16.2. The van der Waals surface area contributed by atoms with Gasteiger partial charge in [0, 0.05) is 25.2 Å². The molecule has 0 unspecified atom stereocenters. The zero-order valence-corrected chi connectivity index (χ0v) is 16.2. The van der Waals surface area contributed by atoms with Crippen molar-refractivity contribution in [3.05, 3.63) is 59.7 Å². The van der Waals surface area contributed by atoms with Crippen LogP contribution in [0.4, 0.5) is 0 Å². The van der Waals surface area contributed by atoms with E-state index in [1.165, 1.54) is 5.56 Å². The highest BCUT2D eigenvalue weighted by Gasteiger charge is 2.24. The summed E-state index contributed by atoms with van der Waals surface area (Å²) >= 11 is 0. The van der Waals surface area contributed by atoms with Gasteiger partial charge in [0.1, 0.15) is 11.5 Å². The minimum atomic E-state index is 0.356. The first kappa shape index (κ1) is 19.7. The average Bonchev–Trinajstić information content (AvgIpc) is 2.70. The van der Waals surface area contributed by atoms with Gasteiger partial charge in [-0.25, -0.2) is 0 Å². The van der Waals surface area contributed by atoms with E-state index in [1.54, 1.807) is 13.2 Å². The van der Waals surface area contributed by atoms with Gasteiger partial charge < -0.3 is 15.6 Å². The number of piperidine rings is 1. The molecule has 2 aromatic carbocycles. The maximum atomic E-state index is 10.1. The smallest absolute Gasteiger partial charge is 0.122 e. The fraction of sp³-hybridized carbons (Fsp3) is 0.455. The fourth-order valence-electron chi connectivity index (χ4n) is 3.94. The predicted octanol–water partition coefficient (Wildman–Crippen LogP) is 3.00. The van der Waals surface area contributed by atoms with E-state index in [9.17, 15) is 5.11 Å². The van der Waals surface area contributed by atoms with Crippen molar-refractivity contribution in [1.82, 2.24) is 9.80 Å². The van der Waals surface area contributed by atoms with Crippen LogP contribution >= 0.6 is 0 Å². The standard InChI is InChI=1S/C22H31N3O2/c1-27-22-9-5-3-7-20(22)18-10-13-24(14-11-18)17-25(15-12-23)16-19-6-2-4-8-21(19)26/h2-9,18,26H,10-17,23H2,1H3. The Kier molecular flexibility index (Phi) is 7.10. The van der Waals surface area contributed by atoms with E-state index < -0.39 is 0 Å². The molecule has 0 bridgehead atoms. The first-order valence-electron chi connectivity index (χ1n) is 9.76. The summed E-state index contributed by atoms with van der Waals surface area (Å²) < 4.78 is 5.54. The molecule has 5 nitrogen and oxygen atoms in total.